The fourth-order valence-electron chi connectivity index (χ4n) is 3.89. The van der Waals surface area contributed by atoms with Crippen molar-refractivity contribution in [2.75, 3.05) is 32.7 Å². The number of carbonyl (C=O) groups is 2. The number of amides is 1. The van der Waals surface area contributed by atoms with Crippen molar-refractivity contribution in [2.45, 2.75) is 19.8 Å². The Morgan fingerprint density at radius 1 is 0.923 bits per heavy atom. The van der Waals surface area contributed by atoms with Gasteiger partial charge < -0.3 is 9.80 Å². The van der Waals surface area contributed by atoms with Gasteiger partial charge in [0.15, 0.2) is 5.78 Å². The highest BCUT2D eigenvalue weighted by molar-refractivity contribution is 6.01. The quantitative estimate of drug-likeness (QED) is 0.855. The molecule has 0 radical (unpaired) electrons. The molecule has 4 nitrogen and oxygen atoms in total. The minimum atomic E-state index is 0.117. The summed E-state index contributed by atoms with van der Waals surface area (Å²) in [5.41, 5.74) is 4.94. The molecule has 1 heterocycles. The summed E-state index contributed by atoms with van der Waals surface area (Å²) in [6, 6.07) is 13.9. The van der Waals surface area contributed by atoms with Crippen molar-refractivity contribution < 1.29 is 9.59 Å². The molecule has 0 atom stereocenters. The number of carbonyl (C=O) groups excluding carboxylic acids is 2. The predicted octanol–water partition coefficient (Wildman–Crippen LogP) is 3.26. The first-order valence-electron chi connectivity index (χ1n) is 9.44. The third-order valence-corrected chi connectivity index (χ3v) is 5.60. The van der Waals surface area contributed by atoms with Crippen LogP contribution in [0.2, 0.25) is 0 Å². The molecule has 0 spiro atoms. The standard InChI is InChI=1S/C22H24N2O2/c1-2-23-11-13-24(14-12-23)22(26)17-5-3-16(4-6-17)18-7-9-20-19(15-18)8-10-21(20)25/h3-7,9,15H,2,8,10-14H2,1H3. The van der Waals surface area contributed by atoms with Crippen molar-refractivity contribution in [3.8, 4) is 11.1 Å². The highest BCUT2D eigenvalue weighted by Crippen LogP contribution is 2.28. The zero-order valence-corrected chi connectivity index (χ0v) is 15.2. The highest BCUT2D eigenvalue weighted by Gasteiger charge is 2.22. The number of hydrogen-bond donors (Lipinski definition) is 0. The van der Waals surface area contributed by atoms with E-state index in [2.05, 4.69) is 17.9 Å². The van der Waals surface area contributed by atoms with Gasteiger partial charge in [-0.25, -0.2) is 0 Å². The third kappa shape index (κ3) is 3.17. The van der Waals surface area contributed by atoms with Crippen LogP contribution >= 0.6 is 0 Å². The first-order chi connectivity index (χ1) is 12.7. The van der Waals surface area contributed by atoms with Gasteiger partial charge in [0.05, 0.1) is 0 Å². The Bertz CT molecular complexity index is 834. The minimum absolute atomic E-state index is 0.117. The van der Waals surface area contributed by atoms with E-state index in [-0.39, 0.29) is 11.7 Å². The van der Waals surface area contributed by atoms with Crippen molar-refractivity contribution in [2.24, 2.45) is 0 Å². The Hall–Kier alpha value is -2.46. The number of likely N-dealkylation sites (N-methyl/N-ethyl adjacent to an activating group) is 1. The van der Waals surface area contributed by atoms with Crippen molar-refractivity contribution in [3.63, 3.8) is 0 Å². The van der Waals surface area contributed by atoms with Crippen molar-refractivity contribution in [1.82, 2.24) is 9.80 Å². The van der Waals surface area contributed by atoms with Crippen molar-refractivity contribution in [1.29, 1.82) is 0 Å². The fraction of sp³-hybridized carbons (Fsp3) is 0.364. The molecule has 2 aromatic carbocycles. The number of Topliss-reactive ketones (excluding diaryl/α,β-unsaturated/α-hetero) is 1. The van der Waals surface area contributed by atoms with Crippen LogP contribution in [0.5, 0.6) is 0 Å². The van der Waals surface area contributed by atoms with Gasteiger partial charge in [-0.15, -0.1) is 0 Å². The zero-order chi connectivity index (χ0) is 18.1. The van der Waals surface area contributed by atoms with Crippen molar-refractivity contribution in [3.05, 3.63) is 59.2 Å². The Labute approximate surface area is 154 Å². The van der Waals surface area contributed by atoms with E-state index in [4.69, 9.17) is 0 Å². The lowest BCUT2D eigenvalue weighted by Gasteiger charge is -2.34. The summed E-state index contributed by atoms with van der Waals surface area (Å²) < 4.78 is 0. The maximum atomic E-state index is 12.7. The van der Waals surface area contributed by atoms with Crippen LogP contribution in [-0.4, -0.2) is 54.2 Å². The molecule has 134 valence electrons. The summed E-state index contributed by atoms with van der Waals surface area (Å²) in [5.74, 6) is 0.363. The molecule has 0 unspecified atom stereocenters. The second-order valence-electron chi connectivity index (χ2n) is 7.10. The topological polar surface area (TPSA) is 40.6 Å². The van der Waals surface area contributed by atoms with Gasteiger partial charge in [0, 0.05) is 43.7 Å². The maximum absolute atomic E-state index is 12.7. The molecular weight excluding hydrogens is 324 g/mol. The Balaban J connectivity index is 1.49. The smallest absolute Gasteiger partial charge is 0.253 e. The van der Waals surface area contributed by atoms with Crippen LogP contribution in [0.4, 0.5) is 0 Å². The second-order valence-corrected chi connectivity index (χ2v) is 7.10. The summed E-state index contributed by atoms with van der Waals surface area (Å²) in [5, 5.41) is 0. The number of piperazine rings is 1. The largest absolute Gasteiger partial charge is 0.336 e. The molecule has 4 heteroatoms. The molecule has 4 rings (SSSR count). The number of rotatable bonds is 3. The van der Waals surface area contributed by atoms with Crippen molar-refractivity contribution >= 4 is 11.7 Å². The van der Waals surface area contributed by atoms with E-state index in [0.29, 0.717) is 6.42 Å². The maximum Gasteiger partial charge on any atom is 0.253 e. The summed E-state index contributed by atoms with van der Waals surface area (Å²) in [6.07, 6.45) is 1.46. The van der Waals surface area contributed by atoms with Crippen LogP contribution in [0.1, 0.15) is 39.6 Å². The lowest BCUT2D eigenvalue weighted by atomic mass is 9.99. The molecule has 2 aromatic rings. The fourth-order valence-corrected chi connectivity index (χ4v) is 3.89. The van der Waals surface area contributed by atoms with Gasteiger partial charge in [-0.1, -0.05) is 37.3 Å². The molecule has 0 bridgehead atoms. The minimum Gasteiger partial charge on any atom is -0.336 e. The summed E-state index contributed by atoms with van der Waals surface area (Å²) in [7, 11) is 0. The predicted molar refractivity (Wildman–Crippen MR) is 103 cm³/mol. The van der Waals surface area contributed by atoms with Crippen LogP contribution < -0.4 is 0 Å². The van der Waals surface area contributed by atoms with Crippen LogP contribution in [0.15, 0.2) is 42.5 Å². The lowest BCUT2D eigenvalue weighted by Crippen LogP contribution is -2.48. The number of benzene rings is 2. The molecule has 1 fully saturated rings. The lowest BCUT2D eigenvalue weighted by molar-refractivity contribution is 0.0643. The number of hydrogen-bond acceptors (Lipinski definition) is 3. The van der Waals surface area contributed by atoms with E-state index in [1.807, 2.05) is 41.3 Å². The first kappa shape index (κ1) is 17.0. The summed E-state index contributed by atoms with van der Waals surface area (Å²) in [4.78, 5) is 28.8. The molecule has 0 aromatic heterocycles. The van der Waals surface area contributed by atoms with Crippen LogP contribution in [0.3, 0.4) is 0 Å². The van der Waals surface area contributed by atoms with E-state index >= 15 is 0 Å². The molecule has 0 saturated carbocycles. The van der Waals surface area contributed by atoms with Gasteiger partial charge >= 0.3 is 0 Å². The molecule has 1 aliphatic heterocycles. The number of aryl methyl sites for hydroxylation is 1. The van der Waals surface area contributed by atoms with E-state index in [1.165, 1.54) is 0 Å². The van der Waals surface area contributed by atoms with E-state index in [0.717, 1.165) is 67.0 Å². The van der Waals surface area contributed by atoms with E-state index < -0.39 is 0 Å². The molecule has 2 aliphatic rings. The highest BCUT2D eigenvalue weighted by atomic mass is 16.2. The molecule has 26 heavy (non-hydrogen) atoms. The van der Waals surface area contributed by atoms with Gasteiger partial charge in [-0.3, -0.25) is 9.59 Å². The van der Waals surface area contributed by atoms with E-state index in [9.17, 15) is 9.59 Å². The normalized spacial score (nSPS) is 17.4. The van der Waals surface area contributed by atoms with Crippen LogP contribution in [0.25, 0.3) is 11.1 Å². The van der Waals surface area contributed by atoms with Crippen LogP contribution in [-0.2, 0) is 6.42 Å². The van der Waals surface area contributed by atoms with Gasteiger partial charge in [0.2, 0.25) is 0 Å². The second kappa shape index (κ2) is 7.04. The number of nitrogens with zero attached hydrogens (tertiary/aromatic N) is 2. The Kier molecular flexibility index (Phi) is 4.60. The molecular formula is C22H24N2O2. The van der Waals surface area contributed by atoms with Gasteiger partial charge in [0.25, 0.3) is 5.91 Å². The average molecular weight is 348 g/mol. The third-order valence-electron chi connectivity index (χ3n) is 5.60. The summed E-state index contributed by atoms with van der Waals surface area (Å²) in [6.45, 7) is 6.71. The molecule has 0 N–H and O–H groups in total. The van der Waals surface area contributed by atoms with Crippen LogP contribution in [0, 0.1) is 0 Å². The number of ketones is 1. The average Bonchev–Trinajstić information content (AvgIpc) is 3.08. The summed E-state index contributed by atoms with van der Waals surface area (Å²) >= 11 is 0. The number of fused-ring (bicyclic) bond motifs is 1. The Morgan fingerprint density at radius 3 is 2.31 bits per heavy atom. The Morgan fingerprint density at radius 2 is 1.62 bits per heavy atom. The molecule has 1 saturated heterocycles. The van der Waals surface area contributed by atoms with Gasteiger partial charge in [0.1, 0.15) is 0 Å². The monoisotopic (exact) mass is 348 g/mol. The molecule has 1 aliphatic carbocycles. The van der Waals surface area contributed by atoms with Gasteiger partial charge in [-0.05, 0) is 41.8 Å². The first-order valence-corrected chi connectivity index (χ1v) is 9.44. The zero-order valence-electron chi connectivity index (χ0n) is 15.2. The van der Waals surface area contributed by atoms with E-state index in [1.54, 1.807) is 0 Å². The van der Waals surface area contributed by atoms with Gasteiger partial charge in [-0.2, -0.15) is 0 Å². The molecule has 1 amide bonds. The SMILES string of the molecule is CCN1CCN(C(=O)c2ccc(-c3ccc4c(c3)CCC4=O)cc2)CC1.